The molecule has 0 aromatic heterocycles. The van der Waals surface area contributed by atoms with Crippen molar-refractivity contribution in [2.75, 3.05) is 26.2 Å². The molecule has 0 aromatic rings. The molecule has 2 aliphatic heterocycles. The zero-order chi connectivity index (χ0) is 20.9. The average molecular weight is 381 g/mol. The summed E-state index contributed by atoms with van der Waals surface area (Å²) in [4.78, 5) is 13.4. The predicted octanol–water partition coefficient (Wildman–Crippen LogP) is 2.52. The molecule has 0 radical (unpaired) electrons. The van der Waals surface area contributed by atoms with Gasteiger partial charge in [-0.15, -0.1) is 0 Å². The fourth-order valence-corrected chi connectivity index (χ4v) is 5.46. The molecule has 0 spiro atoms. The Hall–Kier alpha value is -0.650. The molecule has 2 aliphatic rings. The average Bonchev–Trinajstić information content (AvgIpc) is 2.46. The van der Waals surface area contributed by atoms with Gasteiger partial charge in [-0.05, 0) is 35.5 Å². The summed E-state index contributed by atoms with van der Waals surface area (Å²) in [7, 11) is 0. The zero-order valence-corrected chi connectivity index (χ0v) is 19.4. The summed E-state index contributed by atoms with van der Waals surface area (Å²) in [5, 5.41) is 14.2. The van der Waals surface area contributed by atoms with Crippen LogP contribution in [0.15, 0.2) is 0 Å². The van der Waals surface area contributed by atoms with E-state index in [1.807, 2.05) is 13.8 Å². The van der Waals surface area contributed by atoms with E-state index in [-0.39, 0.29) is 39.7 Å². The summed E-state index contributed by atoms with van der Waals surface area (Å²) in [6, 6.07) is 0.384. The molecule has 0 saturated carbocycles. The van der Waals surface area contributed by atoms with Gasteiger partial charge in [-0.3, -0.25) is 10.1 Å². The third-order valence-corrected chi connectivity index (χ3v) is 6.80. The smallest absolute Gasteiger partial charge is 0.239 e. The Morgan fingerprint density at radius 2 is 1.07 bits per heavy atom. The van der Waals surface area contributed by atoms with Crippen LogP contribution in [0.3, 0.4) is 0 Å². The Bertz CT molecular complexity index is 531. The Balaban J connectivity index is 2.19. The Kier molecular flexibility index (Phi) is 5.87. The van der Waals surface area contributed by atoms with Gasteiger partial charge in [0, 0.05) is 38.3 Å². The van der Waals surface area contributed by atoms with Crippen molar-refractivity contribution >= 4 is 5.91 Å². The van der Waals surface area contributed by atoms with Gasteiger partial charge in [-0.1, -0.05) is 55.4 Å². The highest BCUT2D eigenvalue weighted by atomic mass is 16.2. The minimum atomic E-state index is -0.631. The molecule has 1 amide bonds. The zero-order valence-electron chi connectivity index (χ0n) is 19.4. The van der Waals surface area contributed by atoms with Crippen molar-refractivity contribution in [1.29, 1.82) is 0 Å². The van der Waals surface area contributed by atoms with Crippen LogP contribution in [-0.2, 0) is 4.79 Å². The van der Waals surface area contributed by atoms with Crippen LogP contribution in [0, 0.1) is 21.7 Å². The molecule has 5 nitrogen and oxygen atoms in total. The lowest BCUT2D eigenvalue weighted by atomic mass is 9.66. The van der Waals surface area contributed by atoms with E-state index in [1.54, 1.807) is 0 Å². The fourth-order valence-electron chi connectivity index (χ4n) is 5.46. The van der Waals surface area contributed by atoms with Crippen LogP contribution in [0.4, 0.5) is 0 Å². The monoisotopic (exact) mass is 380 g/mol. The summed E-state index contributed by atoms with van der Waals surface area (Å²) in [5.41, 5.74) is -0.450. The van der Waals surface area contributed by atoms with Gasteiger partial charge in [0.25, 0.3) is 0 Å². The molecule has 2 fully saturated rings. The van der Waals surface area contributed by atoms with Crippen molar-refractivity contribution in [1.82, 2.24) is 21.3 Å². The van der Waals surface area contributed by atoms with E-state index in [4.69, 9.17) is 0 Å². The summed E-state index contributed by atoms with van der Waals surface area (Å²) in [5.74, 6) is 0.0979. The topological polar surface area (TPSA) is 65.2 Å². The van der Waals surface area contributed by atoms with Crippen LogP contribution in [0.2, 0.25) is 0 Å². The van der Waals surface area contributed by atoms with Gasteiger partial charge >= 0.3 is 0 Å². The maximum absolute atomic E-state index is 13.4. The molecular formula is C22H44N4O. The summed E-state index contributed by atoms with van der Waals surface area (Å²) >= 11 is 0. The molecular weight excluding hydrogens is 336 g/mol. The minimum Gasteiger partial charge on any atom is -0.351 e. The lowest BCUT2D eigenvalue weighted by Crippen LogP contribution is -2.71. The second kappa shape index (κ2) is 7.00. The van der Waals surface area contributed by atoms with E-state index in [0.717, 1.165) is 26.2 Å². The van der Waals surface area contributed by atoms with Gasteiger partial charge in [0.05, 0.1) is 5.54 Å². The molecule has 0 bridgehead atoms. The molecule has 0 aliphatic carbocycles. The third-order valence-electron chi connectivity index (χ3n) is 6.80. The summed E-state index contributed by atoms with van der Waals surface area (Å²) in [6.07, 6.45) is 0. The van der Waals surface area contributed by atoms with Crippen molar-refractivity contribution < 1.29 is 4.79 Å². The normalized spacial score (nSPS) is 27.9. The van der Waals surface area contributed by atoms with Crippen LogP contribution in [0.25, 0.3) is 0 Å². The van der Waals surface area contributed by atoms with Crippen LogP contribution in [0.5, 0.6) is 0 Å². The molecule has 0 unspecified atom stereocenters. The van der Waals surface area contributed by atoms with Crippen LogP contribution < -0.4 is 21.3 Å². The molecule has 158 valence electrons. The lowest BCUT2D eigenvalue weighted by molar-refractivity contribution is -0.131. The van der Waals surface area contributed by atoms with E-state index in [0.29, 0.717) is 0 Å². The van der Waals surface area contributed by atoms with Gasteiger partial charge < -0.3 is 16.0 Å². The number of piperidine rings is 2. The number of carbonyl (C=O) groups is 1. The van der Waals surface area contributed by atoms with E-state index < -0.39 is 5.54 Å². The van der Waals surface area contributed by atoms with Crippen molar-refractivity contribution in [2.24, 2.45) is 21.7 Å². The van der Waals surface area contributed by atoms with Gasteiger partial charge in [-0.2, -0.15) is 0 Å². The number of hydrogen-bond donors (Lipinski definition) is 4. The number of carbonyl (C=O) groups excluding carboxylic acids is 1. The van der Waals surface area contributed by atoms with E-state index in [2.05, 4.69) is 76.7 Å². The molecule has 0 aromatic carbocycles. The highest BCUT2D eigenvalue weighted by molar-refractivity contribution is 5.86. The lowest BCUT2D eigenvalue weighted by Gasteiger charge is -2.53. The third kappa shape index (κ3) is 4.68. The van der Waals surface area contributed by atoms with Crippen LogP contribution in [0.1, 0.15) is 69.2 Å². The standard InChI is InChI=1S/C22H44N4O/c1-18(2)11-23-12-19(3,4)15(18)25-17(27)22(9,10)26-16-20(5,6)13-24-14-21(16,7)8/h15-16,23-24,26H,11-14H2,1-10H3,(H,25,27). The molecule has 5 heteroatoms. The van der Waals surface area contributed by atoms with Gasteiger partial charge in [-0.25, -0.2) is 0 Å². The Morgan fingerprint density at radius 3 is 1.44 bits per heavy atom. The predicted molar refractivity (Wildman–Crippen MR) is 114 cm³/mol. The van der Waals surface area contributed by atoms with E-state index in [9.17, 15) is 4.79 Å². The quantitative estimate of drug-likeness (QED) is 0.605. The largest absolute Gasteiger partial charge is 0.351 e. The Labute approximate surface area is 167 Å². The van der Waals surface area contributed by atoms with Gasteiger partial charge in [0.1, 0.15) is 0 Å². The Morgan fingerprint density at radius 1 is 0.741 bits per heavy atom. The molecule has 2 saturated heterocycles. The van der Waals surface area contributed by atoms with Crippen molar-refractivity contribution in [3.63, 3.8) is 0 Å². The number of rotatable bonds is 4. The molecule has 0 atom stereocenters. The van der Waals surface area contributed by atoms with Gasteiger partial charge in [0.2, 0.25) is 5.91 Å². The molecule has 2 heterocycles. The second-order valence-electron chi connectivity index (χ2n) is 12.3. The molecule has 27 heavy (non-hydrogen) atoms. The highest BCUT2D eigenvalue weighted by Crippen LogP contribution is 2.39. The van der Waals surface area contributed by atoms with E-state index >= 15 is 0 Å². The van der Waals surface area contributed by atoms with Crippen LogP contribution >= 0.6 is 0 Å². The summed E-state index contributed by atoms with van der Waals surface area (Å²) < 4.78 is 0. The summed E-state index contributed by atoms with van der Waals surface area (Å²) in [6.45, 7) is 25.9. The number of hydrogen-bond acceptors (Lipinski definition) is 4. The highest BCUT2D eigenvalue weighted by Gasteiger charge is 2.49. The van der Waals surface area contributed by atoms with Crippen molar-refractivity contribution in [3.8, 4) is 0 Å². The van der Waals surface area contributed by atoms with Crippen molar-refractivity contribution in [3.05, 3.63) is 0 Å². The first-order valence-corrected chi connectivity index (χ1v) is 10.5. The van der Waals surface area contributed by atoms with Gasteiger partial charge in [0.15, 0.2) is 0 Å². The molecule has 2 rings (SSSR count). The number of amides is 1. The maximum atomic E-state index is 13.4. The first-order chi connectivity index (χ1) is 12.0. The molecule has 4 N–H and O–H groups in total. The van der Waals surface area contributed by atoms with Crippen LogP contribution in [-0.4, -0.2) is 49.7 Å². The first kappa shape index (κ1) is 22.6. The van der Waals surface area contributed by atoms with E-state index in [1.165, 1.54) is 0 Å². The first-order valence-electron chi connectivity index (χ1n) is 10.5. The fraction of sp³-hybridized carbons (Fsp3) is 0.955. The SMILES string of the molecule is CC(C)(NC1C(C)(C)CNCC1(C)C)C(=O)NC1C(C)(C)CNCC1(C)C. The minimum absolute atomic E-state index is 0.0147. The second-order valence-corrected chi connectivity index (χ2v) is 12.3. The number of nitrogens with one attached hydrogen (secondary N) is 4. The van der Waals surface area contributed by atoms with Crippen molar-refractivity contribution in [2.45, 2.75) is 86.9 Å². The maximum Gasteiger partial charge on any atom is 0.239 e.